The minimum atomic E-state index is -0.0644. The average Bonchev–Trinajstić information content (AvgIpc) is 3.47. The molecule has 0 saturated heterocycles. The third-order valence-corrected chi connectivity index (χ3v) is 11.4. The molecule has 0 spiro atoms. The van der Waals surface area contributed by atoms with Crippen LogP contribution in [0.3, 0.4) is 0 Å². The van der Waals surface area contributed by atoms with Crippen molar-refractivity contribution in [3.05, 3.63) is 161 Å². The van der Waals surface area contributed by atoms with E-state index < -0.39 is 0 Å². The third kappa shape index (κ3) is 4.22. The van der Waals surface area contributed by atoms with Gasteiger partial charge in [-0.05, 0) is 129 Å². The maximum absolute atomic E-state index is 2.55. The van der Waals surface area contributed by atoms with Gasteiger partial charge in [-0.3, -0.25) is 0 Å². The van der Waals surface area contributed by atoms with Gasteiger partial charge in [-0.2, -0.15) is 0 Å². The number of rotatable bonds is 4. The molecular weight excluding hydrogens is 567 g/mol. The summed E-state index contributed by atoms with van der Waals surface area (Å²) in [6.07, 6.45) is 15.9. The number of benzene rings is 5. The quantitative estimate of drug-likeness (QED) is 0.196. The summed E-state index contributed by atoms with van der Waals surface area (Å²) >= 11 is 0. The Balaban J connectivity index is 1.29. The van der Waals surface area contributed by atoms with E-state index in [0.717, 1.165) is 25.7 Å². The van der Waals surface area contributed by atoms with Crippen molar-refractivity contribution < 1.29 is 0 Å². The first-order valence-corrected chi connectivity index (χ1v) is 17.3. The monoisotopic (exact) mass is 607 g/mol. The number of anilines is 3. The molecule has 0 atom stereocenters. The Morgan fingerprint density at radius 3 is 2.19 bits per heavy atom. The van der Waals surface area contributed by atoms with Crippen LogP contribution in [0.15, 0.2) is 133 Å². The predicted octanol–water partition coefficient (Wildman–Crippen LogP) is 12.7. The first-order valence-electron chi connectivity index (χ1n) is 17.3. The zero-order chi connectivity index (χ0) is 31.9. The van der Waals surface area contributed by atoms with E-state index in [9.17, 15) is 0 Å². The predicted molar refractivity (Wildman–Crippen MR) is 201 cm³/mol. The van der Waals surface area contributed by atoms with E-state index in [2.05, 4.69) is 160 Å². The normalized spacial score (nSPS) is 18.1. The standard InChI is InChI=1S/C46H41N/c1-45(2)39-21-11-10-20-36(39)44-41(45)22-13-23-43(44)47(34-19-12-18-31(26-34)30-14-6-5-7-15-30)35-24-25-40-38(29-35)37-27-32-16-8-9-17-33(32)28-42(37)46(40,3)4/h5-6,8-9,11-14,16-19,21-29H,7,10,15,20H2,1-4H3. The minimum absolute atomic E-state index is 0.0215. The third-order valence-electron chi connectivity index (χ3n) is 11.4. The highest BCUT2D eigenvalue weighted by Gasteiger charge is 2.40. The van der Waals surface area contributed by atoms with Crippen molar-refractivity contribution in [3.63, 3.8) is 0 Å². The SMILES string of the molecule is CC1(C)C2=C(CCC=C2)c2c(N(c3cccc(C4=CC=CCC4)c3)c3ccc4c(c3)-c3cc5ccccc5cc3C4(C)C)cccc21. The van der Waals surface area contributed by atoms with Crippen LogP contribution in [-0.2, 0) is 10.8 Å². The molecule has 0 N–H and O–H groups in total. The number of hydrogen-bond donors (Lipinski definition) is 0. The van der Waals surface area contributed by atoms with Crippen LogP contribution in [-0.4, -0.2) is 0 Å². The van der Waals surface area contributed by atoms with Crippen LogP contribution in [0, 0.1) is 0 Å². The molecule has 1 nitrogen and oxygen atoms in total. The van der Waals surface area contributed by atoms with Gasteiger partial charge in [0.15, 0.2) is 0 Å². The van der Waals surface area contributed by atoms with Crippen molar-refractivity contribution >= 4 is 39.0 Å². The Labute approximate surface area is 279 Å². The van der Waals surface area contributed by atoms with Crippen molar-refractivity contribution in [1.29, 1.82) is 0 Å². The summed E-state index contributed by atoms with van der Waals surface area (Å²) in [5, 5.41) is 2.61. The summed E-state index contributed by atoms with van der Waals surface area (Å²) in [4.78, 5) is 2.55. The zero-order valence-corrected chi connectivity index (χ0v) is 27.9. The Hall–Kier alpha value is -4.88. The highest BCUT2D eigenvalue weighted by atomic mass is 15.1. The summed E-state index contributed by atoms with van der Waals surface area (Å²) in [5.74, 6) is 0. The fourth-order valence-corrected chi connectivity index (χ4v) is 8.90. The van der Waals surface area contributed by atoms with E-state index in [4.69, 9.17) is 0 Å². The number of hydrogen-bond acceptors (Lipinski definition) is 1. The summed E-state index contributed by atoms with van der Waals surface area (Å²) in [5.41, 5.74) is 17.7. The summed E-state index contributed by atoms with van der Waals surface area (Å²) in [7, 11) is 0. The molecule has 0 bridgehead atoms. The summed E-state index contributed by atoms with van der Waals surface area (Å²) < 4.78 is 0. The lowest BCUT2D eigenvalue weighted by atomic mass is 9.80. The van der Waals surface area contributed by atoms with Gasteiger partial charge in [-0.1, -0.05) is 113 Å². The van der Waals surface area contributed by atoms with E-state index in [0.29, 0.717) is 0 Å². The van der Waals surface area contributed by atoms with E-state index in [1.54, 1.807) is 0 Å². The molecule has 5 aromatic rings. The Morgan fingerprint density at radius 1 is 0.596 bits per heavy atom. The van der Waals surface area contributed by atoms with Crippen molar-refractivity contribution in [3.8, 4) is 11.1 Å². The van der Waals surface area contributed by atoms with Crippen LogP contribution >= 0.6 is 0 Å². The van der Waals surface area contributed by atoms with E-state index >= 15 is 0 Å². The second-order valence-electron chi connectivity index (χ2n) is 14.8. The molecule has 0 unspecified atom stereocenters. The second-order valence-corrected chi connectivity index (χ2v) is 14.8. The Morgan fingerprint density at radius 2 is 1.36 bits per heavy atom. The molecule has 47 heavy (non-hydrogen) atoms. The second kappa shape index (κ2) is 10.3. The van der Waals surface area contributed by atoms with Gasteiger partial charge >= 0.3 is 0 Å². The zero-order valence-electron chi connectivity index (χ0n) is 27.9. The van der Waals surface area contributed by atoms with Crippen LogP contribution in [0.2, 0.25) is 0 Å². The maximum atomic E-state index is 2.55. The molecule has 0 radical (unpaired) electrons. The van der Waals surface area contributed by atoms with Crippen LogP contribution in [0.1, 0.15) is 81.2 Å². The molecule has 4 aliphatic carbocycles. The van der Waals surface area contributed by atoms with Crippen molar-refractivity contribution in [1.82, 2.24) is 0 Å². The Kier molecular flexibility index (Phi) is 6.22. The molecule has 0 heterocycles. The first kappa shape index (κ1) is 28.4. The molecule has 0 amide bonds. The molecule has 0 fully saturated rings. The Bertz CT molecular complexity index is 2250. The molecule has 9 rings (SSSR count). The van der Waals surface area contributed by atoms with Gasteiger partial charge < -0.3 is 4.90 Å². The molecule has 5 aromatic carbocycles. The number of fused-ring (bicyclic) bond motifs is 6. The molecule has 1 heteroatoms. The topological polar surface area (TPSA) is 3.24 Å². The molecule has 0 aromatic heterocycles. The molecule has 0 aliphatic heterocycles. The highest BCUT2D eigenvalue weighted by molar-refractivity contribution is 5.97. The van der Waals surface area contributed by atoms with Crippen molar-refractivity contribution in [2.45, 2.75) is 64.2 Å². The van der Waals surface area contributed by atoms with Crippen LogP contribution in [0.4, 0.5) is 17.1 Å². The fourth-order valence-electron chi connectivity index (χ4n) is 8.90. The largest absolute Gasteiger partial charge is 0.310 e. The number of nitrogens with zero attached hydrogens (tertiary/aromatic N) is 1. The lowest BCUT2D eigenvalue weighted by molar-refractivity contribution is 0.651. The lowest BCUT2D eigenvalue weighted by Crippen LogP contribution is -2.18. The van der Waals surface area contributed by atoms with Gasteiger partial charge in [-0.25, -0.2) is 0 Å². The first-order chi connectivity index (χ1) is 22.8. The molecule has 230 valence electrons. The van der Waals surface area contributed by atoms with Gasteiger partial charge in [-0.15, -0.1) is 0 Å². The van der Waals surface area contributed by atoms with E-state index in [-0.39, 0.29) is 10.8 Å². The van der Waals surface area contributed by atoms with E-state index in [1.165, 1.54) is 83.5 Å². The smallest absolute Gasteiger partial charge is 0.0539 e. The summed E-state index contributed by atoms with van der Waals surface area (Å²) in [6, 6.07) is 37.1. The van der Waals surface area contributed by atoms with E-state index in [1.807, 2.05) is 0 Å². The van der Waals surface area contributed by atoms with Gasteiger partial charge in [0.1, 0.15) is 0 Å². The van der Waals surface area contributed by atoms with Crippen molar-refractivity contribution in [2.24, 2.45) is 0 Å². The molecule has 0 saturated carbocycles. The average molecular weight is 608 g/mol. The maximum Gasteiger partial charge on any atom is 0.0539 e. The molecule has 4 aliphatic rings. The van der Waals surface area contributed by atoms with Crippen LogP contribution in [0.25, 0.3) is 33.0 Å². The lowest BCUT2D eigenvalue weighted by Gasteiger charge is -2.30. The fraction of sp³-hybridized carbons (Fsp3) is 0.217. The minimum Gasteiger partial charge on any atom is -0.310 e. The van der Waals surface area contributed by atoms with Crippen molar-refractivity contribution in [2.75, 3.05) is 4.90 Å². The highest BCUT2D eigenvalue weighted by Crippen LogP contribution is 2.56. The summed E-state index contributed by atoms with van der Waals surface area (Å²) in [6.45, 7) is 9.58. The number of allylic oxidation sites excluding steroid dienone is 8. The van der Waals surface area contributed by atoms with Gasteiger partial charge in [0.05, 0.1) is 5.69 Å². The molecular formula is C46H41N. The van der Waals surface area contributed by atoms with Gasteiger partial charge in [0.2, 0.25) is 0 Å². The van der Waals surface area contributed by atoms with Crippen LogP contribution in [0.5, 0.6) is 0 Å². The van der Waals surface area contributed by atoms with Gasteiger partial charge in [0, 0.05) is 27.8 Å². The van der Waals surface area contributed by atoms with Gasteiger partial charge in [0.25, 0.3) is 0 Å². The van der Waals surface area contributed by atoms with Crippen LogP contribution < -0.4 is 4.90 Å².